The Kier molecular flexibility index (Phi) is 6.75. The third-order valence-electron chi connectivity index (χ3n) is 5.55. The molecule has 0 radical (unpaired) electrons. The van der Waals surface area contributed by atoms with Gasteiger partial charge in [0.15, 0.2) is 12.4 Å². The van der Waals surface area contributed by atoms with E-state index in [1.165, 1.54) is 6.33 Å². The topological polar surface area (TPSA) is 84.4 Å². The van der Waals surface area contributed by atoms with Crippen molar-refractivity contribution in [3.8, 4) is 5.75 Å². The van der Waals surface area contributed by atoms with Gasteiger partial charge in [0.25, 0.3) is 5.91 Å². The number of nitrogens with one attached hydrogen (secondary N) is 1. The lowest BCUT2D eigenvalue weighted by atomic mass is 9.99. The predicted molar refractivity (Wildman–Crippen MR) is 123 cm³/mol. The molecule has 4 rings (SSSR count). The number of aromatic nitrogens is 2. The van der Waals surface area contributed by atoms with Gasteiger partial charge in [-0.2, -0.15) is 0 Å². The van der Waals surface area contributed by atoms with Crippen LogP contribution in [-0.2, 0) is 4.79 Å². The van der Waals surface area contributed by atoms with E-state index in [-0.39, 0.29) is 18.3 Å². The highest BCUT2D eigenvalue weighted by Crippen LogP contribution is 2.22. The molecule has 32 heavy (non-hydrogen) atoms. The molecule has 0 atom stereocenters. The van der Waals surface area contributed by atoms with Gasteiger partial charge in [0.1, 0.15) is 23.7 Å². The summed E-state index contributed by atoms with van der Waals surface area (Å²) in [5.74, 6) is 2.14. The van der Waals surface area contributed by atoms with E-state index in [0.717, 1.165) is 37.7 Å². The normalized spacial score (nSPS) is 14.1. The zero-order valence-electron chi connectivity index (χ0n) is 18.0. The maximum atomic E-state index is 12.5. The average molecular weight is 431 g/mol. The molecule has 1 aliphatic rings. The van der Waals surface area contributed by atoms with Gasteiger partial charge >= 0.3 is 0 Å². The summed E-state index contributed by atoms with van der Waals surface area (Å²) in [5, 5.41) is 2.76. The fraction of sp³-hybridized carbons (Fsp3) is 0.280. The SMILES string of the molecule is CC1CCN(c2cc(NC(=O)COc3ccc(C(=O)c4ccccc4)cc3)ncn2)CC1. The number of ether oxygens (including phenoxy) is 1. The van der Waals surface area contributed by atoms with Crippen molar-refractivity contribution >= 4 is 23.3 Å². The van der Waals surface area contributed by atoms with Crippen LogP contribution in [0.1, 0.15) is 35.7 Å². The largest absolute Gasteiger partial charge is 0.484 e. The van der Waals surface area contributed by atoms with Gasteiger partial charge in [-0.05, 0) is 43.0 Å². The van der Waals surface area contributed by atoms with Crippen LogP contribution in [0.15, 0.2) is 67.0 Å². The Hall–Kier alpha value is -3.74. The molecule has 1 saturated heterocycles. The molecule has 0 spiro atoms. The van der Waals surface area contributed by atoms with Crippen LogP contribution in [0.2, 0.25) is 0 Å². The lowest BCUT2D eigenvalue weighted by molar-refractivity contribution is -0.118. The molecule has 1 amide bonds. The standard InChI is InChI=1S/C25H26N4O3/c1-18-11-13-29(14-12-18)23-15-22(26-17-27-23)28-24(30)16-32-21-9-7-20(8-10-21)25(31)19-5-3-2-4-6-19/h2-10,15,17-18H,11-14,16H2,1H3,(H,26,27,28,30). The van der Waals surface area contributed by atoms with E-state index in [4.69, 9.17) is 4.74 Å². The van der Waals surface area contributed by atoms with Crippen LogP contribution in [0.5, 0.6) is 5.75 Å². The van der Waals surface area contributed by atoms with E-state index in [1.54, 1.807) is 42.5 Å². The number of piperidine rings is 1. The molecule has 2 heterocycles. The minimum Gasteiger partial charge on any atom is -0.484 e. The Morgan fingerprint density at radius 2 is 1.69 bits per heavy atom. The Morgan fingerprint density at radius 1 is 1.00 bits per heavy atom. The third-order valence-corrected chi connectivity index (χ3v) is 5.55. The van der Waals surface area contributed by atoms with Gasteiger partial charge in [-0.3, -0.25) is 9.59 Å². The monoisotopic (exact) mass is 430 g/mol. The van der Waals surface area contributed by atoms with E-state index < -0.39 is 0 Å². The molecule has 0 unspecified atom stereocenters. The first kappa shape index (κ1) is 21.5. The van der Waals surface area contributed by atoms with Crippen molar-refractivity contribution in [3.05, 3.63) is 78.1 Å². The van der Waals surface area contributed by atoms with Crippen molar-refractivity contribution < 1.29 is 14.3 Å². The number of benzene rings is 2. The summed E-state index contributed by atoms with van der Waals surface area (Å²) in [6.07, 6.45) is 3.73. The molecular formula is C25H26N4O3. The molecule has 0 aliphatic carbocycles. The third kappa shape index (κ3) is 5.49. The van der Waals surface area contributed by atoms with Crippen molar-refractivity contribution in [2.24, 2.45) is 5.92 Å². The second kappa shape index (κ2) is 10.0. The molecule has 7 nitrogen and oxygen atoms in total. The van der Waals surface area contributed by atoms with Gasteiger partial charge in [0, 0.05) is 30.3 Å². The highest BCUT2D eigenvalue weighted by Gasteiger charge is 2.17. The van der Waals surface area contributed by atoms with Crippen LogP contribution >= 0.6 is 0 Å². The molecule has 3 aromatic rings. The summed E-state index contributed by atoms with van der Waals surface area (Å²) >= 11 is 0. The van der Waals surface area contributed by atoms with Crippen LogP contribution in [0.3, 0.4) is 0 Å². The van der Waals surface area contributed by atoms with E-state index >= 15 is 0 Å². The van der Waals surface area contributed by atoms with E-state index in [1.807, 2.05) is 18.2 Å². The van der Waals surface area contributed by atoms with E-state index in [0.29, 0.717) is 22.7 Å². The molecular weight excluding hydrogens is 404 g/mol. The minimum atomic E-state index is -0.314. The quantitative estimate of drug-likeness (QED) is 0.571. The van der Waals surface area contributed by atoms with Crippen LogP contribution in [0.4, 0.5) is 11.6 Å². The predicted octanol–water partition coefficient (Wildman–Crippen LogP) is 3.96. The summed E-state index contributed by atoms with van der Waals surface area (Å²) in [6.45, 7) is 4.01. The van der Waals surface area contributed by atoms with Gasteiger partial charge in [-0.25, -0.2) is 9.97 Å². The Bertz CT molecular complexity index is 1060. The Labute approximate surface area is 187 Å². The number of carbonyl (C=O) groups is 2. The summed E-state index contributed by atoms with van der Waals surface area (Å²) in [7, 11) is 0. The van der Waals surface area contributed by atoms with E-state index in [2.05, 4.69) is 27.1 Å². The van der Waals surface area contributed by atoms with Crippen molar-refractivity contribution in [2.75, 3.05) is 29.9 Å². The molecule has 0 bridgehead atoms. The lowest BCUT2D eigenvalue weighted by Gasteiger charge is -2.31. The summed E-state index contributed by atoms with van der Waals surface area (Å²) in [6, 6.07) is 17.6. The number of hydrogen-bond acceptors (Lipinski definition) is 6. The highest BCUT2D eigenvalue weighted by atomic mass is 16.5. The Morgan fingerprint density at radius 3 is 2.41 bits per heavy atom. The smallest absolute Gasteiger partial charge is 0.263 e. The summed E-state index contributed by atoms with van der Waals surface area (Å²) < 4.78 is 5.56. The number of anilines is 2. The molecule has 0 saturated carbocycles. The number of amides is 1. The van der Waals surface area contributed by atoms with Crippen LogP contribution < -0.4 is 15.0 Å². The van der Waals surface area contributed by atoms with Crippen LogP contribution in [0.25, 0.3) is 0 Å². The number of rotatable bonds is 7. The fourth-order valence-corrected chi connectivity index (χ4v) is 3.61. The first-order valence-electron chi connectivity index (χ1n) is 10.8. The molecule has 2 aromatic carbocycles. The highest BCUT2D eigenvalue weighted by molar-refractivity contribution is 6.09. The molecule has 1 N–H and O–H groups in total. The van der Waals surface area contributed by atoms with E-state index in [9.17, 15) is 9.59 Å². The first-order valence-corrected chi connectivity index (χ1v) is 10.8. The number of carbonyl (C=O) groups excluding carboxylic acids is 2. The molecule has 1 fully saturated rings. The van der Waals surface area contributed by atoms with Crippen molar-refractivity contribution in [2.45, 2.75) is 19.8 Å². The Balaban J connectivity index is 1.30. The summed E-state index contributed by atoms with van der Waals surface area (Å²) in [5.41, 5.74) is 1.19. The van der Waals surface area contributed by atoms with Gasteiger partial charge in [0.05, 0.1) is 0 Å². The van der Waals surface area contributed by atoms with Crippen molar-refractivity contribution in [3.63, 3.8) is 0 Å². The molecule has 1 aliphatic heterocycles. The first-order chi connectivity index (χ1) is 15.6. The number of ketones is 1. The van der Waals surface area contributed by atoms with Gasteiger partial charge in [-0.15, -0.1) is 0 Å². The maximum absolute atomic E-state index is 12.5. The number of nitrogens with zero attached hydrogens (tertiary/aromatic N) is 3. The van der Waals surface area contributed by atoms with Gasteiger partial charge in [-0.1, -0.05) is 37.3 Å². The average Bonchev–Trinajstić information content (AvgIpc) is 2.84. The molecule has 164 valence electrons. The second-order valence-corrected chi connectivity index (χ2v) is 7.99. The van der Waals surface area contributed by atoms with Gasteiger partial charge < -0.3 is 15.0 Å². The fourth-order valence-electron chi connectivity index (χ4n) is 3.61. The minimum absolute atomic E-state index is 0.0578. The maximum Gasteiger partial charge on any atom is 0.263 e. The van der Waals surface area contributed by atoms with Crippen LogP contribution in [0, 0.1) is 5.92 Å². The number of hydrogen-bond donors (Lipinski definition) is 1. The van der Waals surface area contributed by atoms with Crippen molar-refractivity contribution in [1.82, 2.24) is 9.97 Å². The van der Waals surface area contributed by atoms with Crippen molar-refractivity contribution in [1.29, 1.82) is 0 Å². The van der Waals surface area contributed by atoms with Gasteiger partial charge in [0.2, 0.25) is 0 Å². The second-order valence-electron chi connectivity index (χ2n) is 7.99. The molecule has 7 heteroatoms. The zero-order chi connectivity index (χ0) is 22.3. The molecule has 1 aromatic heterocycles. The summed E-state index contributed by atoms with van der Waals surface area (Å²) in [4.78, 5) is 35.5. The zero-order valence-corrected chi connectivity index (χ0v) is 18.0. The van der Waals surface area contributed by atoms with Crippen LogP contribution in [-0.4, -0.2) is 41.4 Å². The lowest BCUT2D eigenvalue weighted by Crippen LogP contribution is -2.33.